The average Bonchev–Trinajstić information content (AvgIpc) is 2.40. The molecule has 0 saturated heterocycles. The number of nitrogens with one attached hydrogen (secondary N) is 2. The highest BCUT2D eigenvalue weighted by molar-refractivity contribution is 5.77. The molecule has 0 radical (unpaired) electrons. The van der Waals surface area contributed by atoms with E-state index in [9.17, 15) is 4.79 Å². The first kappa shape index (κ1) is 18.7. The van der Waals surface area contributed by atoms with Gasteiger partial charge in [-0.25, -0.2) is 0 Å². The van der Waals surface area contributed by atoms with Crippen molar-refractivity contribution in [1.29, 1.82) is 0 Å². The number of ether oxygens (including phenoxy) is 1. The summed E-state index contributed by atoms with van der Waals surface area (Å²) in [5, 5.41) is 6.94. The van der Waals surface area contributed by atoms with Crippen molar-refractivity contribution in [2.75, 3.05) is 7.11 Å². The van der Waals surface area contributed by atoms with Crippen molar-refractivity contribution in [2.24, 2.45) is 0 Å². The van der Waals surface area contributed by atoms with Crippen LogP contribution in [0.4, 0.5) is 0 Å². The zero-order chi connectivity index (χ0) is 17.0. The standard InChI is InChI=1S/C18H30N2O2/c1-17(2,3)19-14(13-11-9-8-10-12-13)15(16(21)22-7)20-18(4,5)6/h8-12,14-15,19-20H,1-7H3/t14-,15+/m1/s1. The van der Waals surface area contributed by atoms with Crippen LogP contribution in [0.2, 0.25) is 0 Å². The highest BCUT2D eigenvalue weighted by Gasteiger charge is 2.35. The highest BCUT2D eigenvalue weighted by atomic mass is 16.5. The largest absolute Gasteiger partial charge is 0.468 e. The highest BCUT2D eigenvalue weighted by Crippen LogP contribution is 2.23. The molecule has 22 heavy (non-hydrogen) atoms. The fraction of sp³-hybridized carbons (Fsp3) is 0.611. The molecule has 0 fully saturated rings. The lowest BCUT2D eigenvalue weighted by molar-refractivity contribution is -0.144. The first-order valence-electron chi connectivity index (χ1n) is 7.72. The van der Waals surface area contributed by atoms with Gasteiger partial charge in [0.1, 0.15) is 6.04 Å². The summed E-state index contributed by atoms with van der Waals surface area (Å²) in [4.78, 5) is 12.4. The Morgan fingerprint density at radius 3 is 1.86 bits per heavy atom. The van der Waals surface area contributed by atoms with Gasteiger partial charge in [-0.1, -0.05) is 30.3 Å². The summed E-state index contributed by atoms with van der Waals surface area (Å²) in [7, 11) is 1.43. The van der Waals surface area contributed by atoms with Crippen LogP contribution in [-0.2, 0) is 9.53 Å². The summed E-state index contributed by atoms with van der Waals surface area (Å²) in [5.74, 6) is -0.263. The Balaban J connectivity index is 3.21. The molecular weight excluding hydrogens is 276 g/mol. The van der Waals surface area contributed by atoms with E-state index in [2.05, 4.69) is 31.4 Å². The van der Waals surface area contributed by atoms with Crippen LogP contribution >= 0.6 is 0 Å². The Kier molecular flexibility index (Phi) is 6.15. The number of rotatable bonds is 5. The maximum absolute atomic E-state index is 12.4. The van der Waals surface area contributed by atoms with Crippen molar-refractivity contribution < 1.29 is 9.53 Å². The van der Waals surface area contributed by atoms with Gasteiger partial charge < -0.3 is 10.1 Å². The molecule has 1 rings (SSSR count). The SMILES string of the molecule is COC(=O)[C@@H](NC(C)(C)C)[C@H](NC(C)(C)C)c1ccccc1. The number of esters is 1. The molecule has 0 saturated carbocycles. The summed E-state index contributed by atoms with van der Waals surface area (Å²) in [6.07, 6.45) is 0. The van der Waals surface area contributed by atoms with Crippen molar-refractivity contribution in [3.05, 3.63) is 35.9 Å². The predicted octanol–water partition coefficient (Wildman–Crippen LogP) is 3.05. The lowest BCUT2D eigenvalue weighted by Crippen LogP contribution is -2.56. The van der Waals surface area contributed by atoms with Gasteiger partial charge in [0.15, 0.2) is 0 Å². The van der Waals surface area contributed by atoms with E-state index in [0.29, 0.717) is 0 Å². The van der Waals surface area contributed by atoms with Crippen molar-refractivity contribution in [3.8, 4) is 0 Å². The van der Waals surface area contributed by atoms with E-state index >= 15 is 0 Å². The van der Waals surface area contributed by atoms with E-state index in [0.717, 1.165) is 5.56 Å². The van der Waals surface area contributed by atoms with Gasteiger partial charge in [0, 0.05) is 11.1 Å². The summed E-state index contributed by atoms with van der Waals surface area (Å²) in [5.41, 5.74) is 0.724. The van der Waals surface area contributed by atoms with Crippen LogP contribution in [0.5, 0.6) is 0 Å². The Morgan fingerprint density at radius 2 is 1.45 bits per heavy atom. The van der Waals surface area contributed by atoms with Crippen molar-refractivity contribution in [2.45, 2.75) is 64.7 Å². The minimum absolute atomic E-state index is 0.133. The van der Waals surface area contributed by atoms with E-state index in [1.807, 2.05) is 51.1 Å². The second-order valence-corrected chi connectivity index (χ2v) is 7.68. The van der Waals surface area contributed by atoms with Crippen LogP contribution in [0.15, 0.2) is 30.3 Å². The molecule has 4 heteroatoms. The second kappa shape index (κ2) is 7.25. The van der Waals surface area contributed by atoms with E-state index in [4.69, 9.17) is 4.74 Å². The molecule has 2 atom stereocenters. The minimum Gasteiger partial charge on any atom is -0.468 e. The maximum Gasteiger partial charge on any atom is 0.324 e. The fourth-order valence-electron chi connectivity index (χ4n) is 2.36. The second-order valence-electron chi connectivity index (χ2n) is 7.68. The van der Waals surface area contributed by atoms with Crippen LogP contribution in [-0.4, -0.2) is 30.2 Å². The number of carbonyl (C=O) groups excluding carboxylic acids is 1. The molecule has 124 valence electrons. The quantitative estimate of drug-likeness (QED) is 0.821. The minimum atomic E-state index is -0.466. The summed E-state index contributed by atoms with van der Waals surface area (Å²) in [6, 6.07) is 9.37. The third-order valence-electron chi connectivity index (χ3n) is 3.12. The molecule has 0 aliphatic rings. The van der Waals surface area contributed by atoms with E-state index in [1.165, 1.54) is 7.11 Å². The van der Waals surface area contributed by atoms with Gasteiger partial charge in [0.2, 0.25) is 0 Å². The third-order valence-corrected chi connectivity index (χ3v) is 3.12. The number of hydrogen-bond acceptors (Lipinski definition) is 4. The summed E-state index contributed by atoms with van der Waals surface area (Å²) < 4.78 is 5.03. The summed E-state index contributed by atoms with van der Waals surface area (Å²) >= 11 is 0. The van der Waals surface area contributed by atoms with Gasteiger partial charge in [-0.3, -0.25) is 10.1 Å². The van der Waals surface area contributed by atoms with Gasteiger partial charge in [0.25, 0.3) is 0 Å². The van der Waals surface area contributed by atoms with Gasteiger partial charge >= 0.3 is 5.97 Å². The topological polar surface area (TPSA) is 50.4 Å². The molecule has 2 N–H and O–H groups in total. The Labute approximate surface area is 134 Å². The molecule has 0 aromatic heterocycles. The van der Waals surface area contributed by atoms with Gasteiger partial charge in [-0.05, 0) is 47.1 Å². The van der Waals surface area contributed by atoms with Crippen molar-refractivity contribution in [3.63, 3.8) is 0 Å². The molecular formula is C18H30N2O2. The third kappa shape index (κ3) is 6.16. The molecule has 0 aliphatic heterocycles. The van der Waals surface area contributed by atoms with Crippen LogP contribution in [0.3, 0.4) is 0 Å². The predicted molar refractivity (Wildman–Crippen MR) is 90.8 cm³/mol. The number of methoxy groups -OCH3 is 1. The monoisotopic (exact) mass is 306 g/mol. The zero-order valence-electron chi connectivity index (χ0n) is 14.9. The van der Waals surface area contributed by atoms with Crippen LogP contribution in [0.1, 0.15) is 53.1 Å². The Morgan fingerprint density at radius 1 is 0.955 bits per heavy atom. The molecule has 0 aliphatic carbocycles. The van der Waals surface area contributed by atoms with E-state index in [1.54, 1.807) is 0 Å². The maximum atomic E-state index is 12.4. The van der Waals surface area contributed by atoms with Crippen LogP contribution in [0.25, 0.3) is 0 Å². The Hall–Kier alpha value is -1.39. The number of carbonyl (C=O) groups is 1. The molecule has 0 amide bonds. The molecule has 1 aromatic carbocycles. The molecule has 0 bridgehead atoms. The molecule has 0 heterocycles. The lowest BCUT2D eigenvalue weighted by atomic mass is 9.93. The van der Waals surface area contributed by atoms with Crippen LogP contribution < -0.4 is 10.6 Å². The molecule has 1 aromatic rings. The summed E-state index contributed by atoms with van der Waals surface area (Å²) in [6.45, 7) is 12.4. The van der Waals surface area contributed by atoms with Gasteiger partial charge in [-0.2, -0.15) is 0 Å². The normalized spacial score (nSPS) is 15.2. The van der Waals surface area contributed by atoms with Gasteiger partial charge in [-0.15, -0.1) is 0 Å². The van der Waals surface area contributed by atoms with Gasteiger partial charge in [0.05, 0.1) is 13.2 Å². The van der Waals surface area contributed by atoms with Crippen molar-refractivity contribution >= 4 is 5.97 Å². The van der Waals surface area contributed by atoms with Crippen LogP contribution in [0, 0.1) is 0 Å². The van der Waals surface area contributed by atoms with E-state index < -0.39 is 6.04 Å². The molecule has 4 nitrogen and oxygen atoms in total. The average molecular weight is 306 g/mol. The number of hydrogen-bond donors (Lipinski definition) is 2. The first-order valence-corrected chi connectivity index (χ1v) is 7.72. The zero-order valence-corrected chi connectivity index (χ0v) is 14.9. The van der Waals surface area contributed by atoms with E-state index in [-0.39, 0.29) is 23.1 Å². The van der Waals surface area contributed by atoms with Crippen molar-refractivity contribution in [1.82, 2.24) is 10.6 Å². The number of benzene rings is 1. The lowest BCUT2D eigenvalue weighted by Gasteiger charge is -2.37. The fourth-order valence-corrected chi connectivity index (χ4v) is 2.36. The Bertz CT molecular complexity index is 472. The first-order chi connectivity index (χ1) is 10.0. The molecule has 0 spiro atoms. The molecule has 0 unspecified atom stereocenters. The smallest absolute Gasteiger partial charge is 0.324 e.